The van der Waals surface area contributed by atoms with Crippen LogP contribution < -0.4 is 5.32 Å². The largest absolute Gasteiger partial charge is 0.307 e. The first-order valence-electron chi connectivity index (χ1n) is 6.71. The van der Waals surface area contributed by atoms with Crippen molar-refractivity contribution < 1.29 is 0 Å². The minimum atomic E-state index is 0.351. The molecule has 1 aromatic rings. The topological polar surface area (TPSA) is 12.0 Å². The van der Waals surface area contributed by atoms with Crippen LogP contribution in [0.1, 0.15) is 51.1 Å². The highest BCUT2D eigenvalue weighted by atomic mass is 35.5. The highest BCUT2D eigenvalue weighted by Gasteiger charge is 2.24. The van der Waals surface area contributed by atoms with Crippen LogP contribution in [0, 0.1) is 5.92 Å². The Kier molecular flexibility index (Phi) is 4.47. The lowest BCUT2D eigenvalue weighted by Gasteiger charge is -2.20. The van der Waals surface area contributed by atoms with E-state index < -0.39 is 0 Å². The fourth-order valence-corrected chi connectivity index (χ4v) is 3.17. The number of nitrogens with one attached hydrogen (secondary N) is 1. The monoisotopic (exact) mass is 251 g/mol. The molecule has 2 unspecified atom stereocenters. The molecule has 0 spiro atoms. The second kappa shape index (κ2) is 5.88. The van der Waals surface area contributed by atoms with Gasteiger partial charge < -0.3 is 5.32 Å². The second-order valence-corrected chi connectivity index (χ2v) is 5.60. The third-order valence-corrected chi connectivity index (χ3v) is 4.32. The molecule has 0 radical (unpaired) electrons. The van der Waals surface area contributed by atoms with E-state index in [-0.39, 0.29) is 0 Å². The summed E-state index contributed by atoms with van der Waals surface area (Å²) in [5.41, 5.74) is 1.22. The van der Waals surface area contributed by atoms with Crippen LogP contribution >= 0.6 is 11.6 Å². The highest BCUT2D eigenvalue weighted by Crippen LogP contribution is 2.30. The summed E-state index contributed by atoms with van der Waals surface area (Å²) < 4.78 is 0. The Hall–Kier alpha value is -0.530. The summed E-state index contributed by atoms with van der Waals surface area (Å²) in [6.07, 6.45) is 5.33. The van der Waals surface area contributed by atoms with Gasteiger partial charge in [0, 0.05) is 17.1 Å². The summed E-state index contributed by atoms with van der Waals surface area (Å²) in [7, 11) is 0. The van der Waals surface area contributed by atoms with Crippen molar-refractivity contribution in [2.24, 2.45) is 5.92 Å². The minimum absolute atomic E-state index is 0.351. The molecule has 1 aromatic carbocycles. The summed E-state index contributed by atoms with van der Waals surface area (Å²) in [5, 5.41) is 4.59. The van der Waals surface area contributed by atoms with Crippen LogP contribution in [0.4, 0.5) is 0 Å². The standard InChI is InChI=1S/C15H22ClN/c1-3-12-8-9-13(10-12)17-11(2)14-6-4-5-7-15(14)16/h4-7,11-13,17H,3,8-10H2,1-2H3/t11-,12?,13?/m0/s1. The molecular weight excluding hydrogens is 230 g/mol. The van der Waals surface area contributed by atoms with Crippen LogP contribution in [0.5, 0.6) is 0 Å². The van der Waals surface area contributed by atoms with Crippen LogP contribution in [0.15, 0.2) is 24.3 Å². The van der Waals surface area contributed by atoms with Gasteiger partial charge in [-0.05, 0) is 43.7 Å². The van der Waals surface area contributed by atoms with Gasteiger partial charge in [-0.3, -0.25) is 0 Å². The third kappa shape index (κ3) is 3.23. The maximum Gasteiger partial charge on any atom is 0.0453 e. The average molecular weight is 252 g/mol. The van der Waals surface area contributed by atoms with E-state index in [1.54, 1.807) is 0 Å². The summed E-state index contributed by atoms with van der Waals surface area (Å²) in [6.45, 7) is 4.50. The molecule has 1 N–H and O–H groups in total. The lowest BCUT2D eigenvalue weighted by molar-refractivity contribution is 0.438. The molecule has 0 aromatic heterocycles. The smallest absolute Gasteiger partial charge is 0.0453 e. The highest BCUT2D eigenvalue weighted by molar-refractivity contribution is 6.31. The van der Waals surface area contributed by atoms with Crippen molar-refractivity contribution in [3.63, 3.8) is 0 Å². The predicted octanol–water partition coefficient (Wildman–Crippen LogP) is 4.57. The van der Waals surface area contributed by atoms with Gasteiger partial charge in [-0.1, -0.05) is 43.1 Å². The predicted molar refractivity (Wildman–Crippen MR) is 74.4 cm³/mol. The SMILES string of the molecule is CCC1CCC(N[C@@H](C)c2ccccc2Cl)C1. The third-order valence-electron chi connectivity index (χ3n) is 3.98. The first-order chi connectivity index (χ1) is 8.20. The number of hydrogen-bond acceptors (Lipinski definition) is 1. The van der Waals surface area contributed by atoms with E-state index in [2.05, 4.69) is 31.3 Å². The van der Waals surface area contributed by atoms with Gasteiger partial charge in [-0.2, -0.15) is 0 Å². The zero-order chi connectivity index (χ0) is 12.3. The Morgan fingerprint density at radius 3 is 2.76 bits per heavy atom. The van der Waals surface area contributed by atoms with Gasteiger partial charge in [0.25, 0.3) is 0 Å². The van der Waals surface area contributed by atoms with Crippen molar-refractivity contribution in [3.05, 3.63) is 34.9 Å². The molecule has 2 rings (SSSR count). The van der Waals surface area contributed by atoms with Crippen molar-refractivity contribution in [1.82, 2.24) is 5.32 Å². The Morgan fingerprint density at radius 1 is 1.35 bits per heavy atom. The molecule has 0 amide bonds. The van der Waals surface area contributed by atoms with E-state index in [1.807, 2.05) is 12.1 Å². The van der Waals surface area contributed by atoms with Gasteiger partial charge in [0.1, 0.15) is 0 Å². The summed E-state index contributed by atoms with van der Waals surface area (Å²) in [5.74, 6) is 0.922. The minimum Gasteiger partial charge on any atom is -0.307 e. The van der Waals surface area contributed by atoms with Crippen LogP contribution in [0.25, 0.3) is 0 Å². The molecule has 17 heavy (non-hydrogen) atoms. The average Bonchev–Trinajstić information content (AvgIpc) is 2.77. The molecule has 94 valence electrons. The van der Waals surface area contributed by atoms with Crippen molar-refractivity contribution in [2.75, 3.05) is 0 Å². The van der Waals surface area contributed by atoms with Crippen molar-refractivity contribution in [3.8, 4) is 0 Å². The van der Waals surface area contributed by atoms with Crippen LogP contribution in [-0.2, 0) is 0 Å². The Morgan fingerprint density at radius 2 is 2.12 bits per heavy atom. The van der Waals surface area contributed by atoms with Gasteiger partial charge >= 0.3 is 0 Å². The van der Waals surface area contributed by atoms with Crippen molar-refractivity contribution in [1.29, 1.82) is 0 Å². The molecule has 1 aliphatic rings. The van der Waals surface area contributed by atoms with E-state index in [9.17, 15) is 0 Å². The van der Waals surface area contributed by atoms with Gasteiger partial charge in [0.2, 0.25) is 0 Å². The maximum absolute atomic E-state index is 6.22. The van der Waals surface area contributed by atoms with Gasteiger partial charge in [-0.15, -0.1) is 0 Å². The zero-order valence-electron chi connectivity index (χ0n) is 10.7. The molecule has 0 bridgehead atoms. The van der Waals surface area contributed by atoms with Gasteiger partial charge in [0.15, 0.2) is 0 Å². The Labute approximate surface area is 110 Å². The summed E-state index contributed by atoms with van der Waals surface area (Å²) >= 11 is 6.22. The molecule has 1 aliphatic carbocycles. The Balaban J connectivity index is 1.94. The van der Waals surface area contributed by atoms with Crippen LogP contribution in [0.3, 0.4) is 0 Å². The summed E-state index contributed by atoms with van der Waals surface area (Å²) in [4.78, 5) is 0. The molecule has 1 saturated carbocycles. The van der Waals surface area contributed by atoms with E-state index in [4.69, 9.17) is 11.6 Å². The van der Waals surface area contributed by atoms with E-state index >= 15 is 0 Å². The number of benzene rings is 1. The fraction of sp³-hybridized carbons (Fsp3) is 0.600. The molecule has 0 aliphatic heterocycles. The molecule has 0 saturated heterocycles. The lowest BCUT2D eigenvalue weighted by Crippen LogP contribution is -2.29. The second-order valence-electron chi connectivity index (χ2n) is 5.19. The molecule has 2 heteroatoms. The van der Waals surface area contributed by atoms with E-state index in [0.717, 1.165) is 10.9 Å². The van der Waals surface area contributed by atoms with Crippen molar-refractivity contribution in [2.45, 2.75) is 51.6 Å². The molecule has 0 heterocycles. The molecule has 1 fully saturated rings. The zero-order valence-corrected chi connectivity index (χ0v) is 11.5. The number of rotatable bonds is 4. The number of hydrogen-bond donors (Lipinski definition) is 1. The molecule has 3 atom stereocenters. The van der Waals surface area contributed by atoms with E-state index in [1.165, 1.54) is 31.2 Å². The normalized spacial score (nSPS) is 26.1. The number of halogens is 1. The molecular formula is C15H22ClN. The van der Waals surface area contributed by atoms with Gasteiger partial charge in [-0.25, -0.2) is 0 Å². The lowest BCUT2D eigenvalue weighted by atomic mass is 10.0. The van der Waals surface area contributed by atoms with Gasteiger partial charge in [0.05, 0.1) is 0 Å². The fourth-order valence-electron chi connectivity index (χ4n) is 2.87. The summed E-state index contributed by atoms with van der Waals surface area (Å²) in [6, 6.07) is 9.16. The molecule has 1 nitrogen and oxygen atoms in total. The Bertz CT molecular complexity index is 364. The first kappa shape index (κ1) is 12.9. The maximum atomic E-state index is 6.22. The van der Waals surface area contributed by atoms with E-state index in [0.29, 0.717) is 12.1 Å². The van der Waals surface area contributed by atoms with Crippen LogP contribution in [0.2, 0.25) is 5.02 Å². The first-order valence-corrected chi connectivity index (χ1v) is 7.09. The van der Waals surface area contributed by atoms with Crippen LogP contribution in [-0.4, -0.2) is 6.04 Å². The quantitative estimate of drug-likeness (QED) is 0.827. The van der Waals surface area contributed by atoms with Crippen molar-refractivity contribution >= 4 is 11.6 Å².